The van der Waals surface area contributed by atoms with Gasteiger partial charge in [-0.25, -0.2) is 4.79 Å². The van der Waals surface area contributed by atoms with Crippen molar-refractivity contribution < 1.29 is 14.6 Å². The van der Waals surface area contributed by atoms with Crippen LogP contribution in [0.4, 0.5) is 0 Å². The molecular weight excluding hydrogens is 244 g/mol. The molecular formula is C14H10N2O3. The van der Waals surface area contributed by atoms with E-state index in [9.17, 15) is 4.79 Å². The number of hydrogen-bond acceptors (Lipinski definition) is 4. The lowest BCUT2D eigenvalue weighted by Gasteiger charge is -2.10. The lowest BCUT2D eigenvalue weighted by atomic mass is 10.1. The summed E-state index contributed by atoms with van der Waals surface area (Å²) in [5, 5.41) is 17.9. The first-order valence-corrected chi connectivity index (χ1v) is 5.47. The second-order valence-corrected chi connectivity index (χ2v) is 3.87. The van der Waals surface area contributed by atoms with Crippen LogP contribution in [0, 0.1) is 18.3 Å². The first-order valence-electron chi connectivity index (χ1n) is 5.47. The number of carbonyl (C=O) groups is 1. The highest BCUT2D eigenvalue weighted by Gasteiger charge is 2.13. The summed E-state index contributed by atoms with van der Waals surface area (Å²) < 4.78 is 5.55. The summed E-state index contributed by atoms with van der Waals surface area (Å²) in [6, 6.07) is 8.34. The average molecular weight is 254 g/mol. The minimum Gasteiger partial charge on any atom is -0.478 e. The molecule has 0 bridgehead atoms. The van der Waals surface area contributed by atoms with E-state index in [1.54, 1.807) is 18.2 Å². The number of carboxylic acid groups (broad SMARTS) is 1. The Kier molecular flexibility index (Phi) is 3.44. The number of hydrogen-bond donors (Lipinski definition) is 1. The predicted octanol–water partition coefficient (Wildman–Crippen LogP) is 2.75. The Morgan fingerprint density at radius 1 is 1.37 bits per heavy atom. The van der Waals surface area contributed by atoms with Crippen molar-refractivity contribution in [2.24, 2.45) is 0 Å². The van der Waals surface area contributed by atoms with Gasteiger partial charge in [0.25, 0.3) is 0 Å². The molecule has 5 heteroatoms. The van der Waals surface area contributed by atoms with Gasteiger partial charge in [0.1, 0.15) is 11.3 Å². The van der Waals surface area contributed by atoms with Crippen molar-refractivity contribution in [3.05, 3.63) is 53.3 Å². The summed E-state index contributed by atoms with van der Waals surface area (Å²) in [6.07, 6.45) is 2.72. The molecule has 0 fully saturated rings. The number of ether oxygens (including phenoxy) is 1. The van der Waals surface area contributed by atoms with Gasteiger partial charge in [0.05, 0.1) is 17.8 Å². The molecule has 0 aliphatic carbocycles. The number of benzene rings is 1. The van der Waals surface area contributed by atoms with Gasteiger partial charge in [0.2, 0.25) is 0 Å². The Hall–Kier alpha value is -2.87. The topological polar surface area (TPSA) is 83.2 Å². The second-order valence-electron chi connectivity index (χ2n) is 3.87. The van der Waals surface area contributed by atoms with Gasteiger partial charge in [-0.3, -0.25) is 4.98 Å². The monoisotopic (exact) mass is 254 g/mol. The smallest absolute Gasteiger partial charge is 0.339 e. The normalized spacial score (nSPS) is 9.68. The summed E-state index contributed by atoms with van der Waals surface area (Å²) in [5.41, 5.74) is 1.28. The summed E-state index contributed by atoms with van der Waals surface area (Å²) in [5.74, 6) is -0.505. The fraction of sp³-hybridized carbons (Fsp3) is 0.0714. The molecule has 1 aromatic heterocycles. The molecule has 0 spiro atoms. The fourth-order valence-corrected chi connectivity index (χ4v) is 1.54. The molecule has 1 aromatic carbocycles. The summed E-state index contributed by atoms with van der Waals surface area (Å²) in [4.78, 5) is 14.9. The van der Waals surface area contributed by atoms with E-state index in [0.717, 1.165) is 5.56 Å². The van der Waals surface area contributed by atoms with Gasteiger partial charge in [0.15, 0.2) is 5.75 Å². The number of carboxylic acids is 1. The van der Waals surface area contributed by atoms with E-state index in [2.05, 4.69) is 4.98 Å². The number of aromatic carboxylic acids is 1. The molecule has 0 aliphatic heterocycles. The van der Waals surface area contributed by atoms with Crippen molar-refractivity contribution in [2.75, 3.05) is 0 Å². The standard InChI is InChI=1S/C14H10N2O3/c1-9-2-3-10(7-15)6-12(9)19-13-8-16-5-4-11(13)14(17)18/h2-6,8H,1H3,(H,17,18). The van der Waals surface area contributed by atoms with Crippen LogP contribution in [-0.2, 0) is 0 Å². The molecule has 94 valence electrons. The summed E-state index contributed by atoms with van der Waals surface area (Å²) >= 11 is 0. The summed E-state index contributed by atoms with van der Waals surface area (Å²) in [6.45, 7) is 1.81. The fourth-order valence-electron chi connectivity index (χ4n) is 1.54. The highest BCUT2D eigenvalue weighted by molar-refractivity contribution is 5.90. The van der Waals surface area contributed by atoms with Crippen molar-refractivity contribution in [2.45, 2.75) is 6.92 Å². The average Bonchev–Trinajstić information content (AvgIpc) is 2.41. The van der Waals surface area contributed by atoms with Crippen molar-refractivity contribution in [1.29, 1.82) is 5.26 Å². The number of aromatic nitrogens is 1. The van der Waals surface area contributed by atoms with Crippen molar-refractivity contribution in [1.82, 2.24) is 4.98 Å². The Balaban J connectivity index is 2.42. The third kappa shape index (κ3) is 2.69. The van der Waals surface area contributed by atoms with Crippen LogP contribution in [-0.4, -0.2) is 16.1 Å². The van der Waals surface area contributed by atoms with Gasteiger partial charge >= 0.3 is 5.97 Å². The van der Waals surface area contributed by atoms with Crippen LogP contribution in [0.5, 0.6) is 11.5 Å². The van der Waals surface area contributed by atoms with Crippen LogP contribution in [0.2, 0.25) is 0 Å². The molecule has 2 rings (SSSR count). The molecule has 5 nitrogen and oxygen atoms in total. The molecule has 0 saturated carbocycles. The van der Waals surface area contributed by atoms with Crippen molar-refractivity contribution in [3.8, 4) is 17.6 Å². The maximum absolute atomic E-state index is 11.1. The highest BCUT2D eigenvalue weighted by Crippen LogP contribution is 2.28. The Morgan fingerprint density at radius 2 is 2.16 bits per heavy atom. The second kappa shape index (κ2) is 5.19. The van der Waals surface area contributed by atoms with Gasteiger partial charge in [-0.15, -0.1) is 0 Å². The molecule has 0 unspecified atom stereocenters. The third-order valence-electron chi connectivity index (χ3n) is 2.55. The number of rotatable bonds is 3. The lowest BCUT2D eigenvalue weighted by molar-refractivity contribution is 0.0694. The molecule has 19 heavy (non-hydrogen) atoms. The molecule has 1 N–H and O–H groups in total. The van der Waals surface area contributed by atoms with E-state index in [1.165, 1.54) is 18.5 Å². The van der Waals surface area contributed by atoms with Crippen LogP contribution in [0.1, 0.15) is 21.5 Å². The van der Waals surface area contributed by atoms with Crippen molar-refractivity contribution in [3.63, 3.8) is 0 Å². The quantitative estimate of drug-likeness (QED) is 0.910. The minimum absolute atomic E-state index is 0.0248. The van der Waals surface area contributed by atoms with Gasteiger partial charge in [-0.05, 0) is 30.7 Å². The van der Waals surface area contributed by atoms with Gasteiger partial charge < -0.3 is 9.84 Å². The Morgan fingerprint density at radius 3 is 2.84 bits per heavy atom. The van der Waals surface area contributed by atoms with Gasteiger partial charge in [-0.1, -0.05) is 6.07 Å². The van der Waals surface area contributed by atoms with E-state index >= 15 is 0 Å². The maximum Gasteiger partial charge on any atom is 0.339 e. The number of aryl methyl sites for hydroxylation is 1. The van der Waals surface area contributed by atoms with Crippen LogP contribution in [0.15, 0.2) is 36.7 Å². The van der Waals surface area contributed by atoms with Crippen LogP contribution >= 0.6 is 0 Å². The van der Waals surface area contributed by atoms with E-state index in [-0.39, 0.29) is 11.3 Å². The molecule has 0 radical (unpaired) electrons. The molecule has 0 amide bonds. The number of nitrogens with zero attached hydrogens (tertiary/aromatic N) is 2. The first-order chi connectivity index (χ1) is 9.11. The van der Waals surface area contributed by atoms with Crippen molar-refractivity contribution >= 4 is 5.97 Å². The Labute approximate surface area is 109 Å². The molecule has 1 heterocycles. The third-order valence-corrected chi connectivity index (χ3v) is 2.55. The SMILES string of the molecule is Cc1ccc(C#N)cc1Oc1cnccc1C(=O)O. The van der Waals surface area contributed by atoms with E-state index in [1.807, 2.05) is 13.0 Å². The number of pyridine rings is 1. The summed E-state index contributed by atoms with van der Waals surface area (Å²) in [7, 11) is 0. The van der Waals surface area contributed by atoms with Crippen LogP contribution in [0.25, 0.3) is 0 Å². The first kappa shape index (κ1) is 12.6. The zero-order valence-corrected chi connectivity index (χ0v) is 10.1. The molecule has 2 aromatic rings. The molecule has 0 aliphatic rings. The zero-order chi connectivity index (χ0) is 13.8. The van der Waals surface area contributed by atoms with Gasteiger partial charge in [-0.2, -0.15) is 5.26 Å². The molecule has 0 saturated heterocycles. The predicted molar refractivity (Wildman–Crippen MR) is 67.2 cm³/mol. The van der Waals surface area contributed by atoms with E-state index < -0.39 is 5.97 Å². The molecule has 0 atom stereocenters. The maximum atomic E-state index is 11.1. The van der Waals surface area contributed by atoms with E-state index in [4.69, 9.17) is 15.1 Å². The van der Waals surface area contributed by atoms with E-state index in [0.29, 0.717) is 11.3 Å². The Bertz CT molecular complexity index is 675. The largest absolute Gasteiger partial charge is 0.478 e. The highest BCUT2D eigenvalue weighted by atomic mass is 16.5. The van der Waals surface area contributed by atoms with Crippen LogP contribution < -0.4 is 4.74 Å². The zero-order valence-electron chi connectivity index (χ0n) is 10.1. The minimum atomic E-state index is -1.09. The number of nitriles is 1. The van der Waals surface area contributed by atoms with Gasteiger partial charge in [0, 0.05) is 6.20 Å². The lowest BCUT2D eigenvalue weighted by Crippen LogP contribution is -2.01. The van der Waals surface area contributed by atoms with Crippen LogP contribution in [0.3, 0.4) is 0 Å².